The number of Topliss-reactive ketones (excluding diaryl/α,β-unsaturated/α-hetero) is 1. The van der Waals surface area contributed by atoms with Crippen molar-refractivity contribution in [3.05, 3.63) is 95.1 Å². The molecule has 3 aromatic rings. The molecule has 3 nitrogen and oxygen atoms in total. The molecule has 0 aliphatic rings. The lowest BCUT2D eigenvalue weighted by Crippen LogP contribution is -2.22. The third kappa shape index (κ3) is 5.94. The summed E-state index contributed by atoms with van der Waals surface area (Å²) in [5, 5.41) is 0. The van der Waals surface area contributed by atoms with Crippen molar-refractivity contribution in [2.24, 2.45) is 5.41 Å². The second kappa shape index (κ2) is 9.12. The first kappa shape index (κ1) is 23.5. The second-order valence-electron chi connectivity index (χ2n) is 10.3. The molecular formula is C29H32O3. The monoisotopic (exact) mass is 428 g/mol. The van der Waals surface area contributed by atoms with E-state index in [-0.39, 0.29) is 22.4 Å². The molecule has 32 heavy (non-hydrogen) atoms. The van der Waals surface area contributed by atoms with Crippen LogP contribution in [0.25, 0.3) is 0 Å². The molecule has 0 saturated carbocycles. The van der Waals surface area contributed by atoms with Gasteiger partial charge in [-0.3, -0.25) is 9.59 Å². The van der Waals surface area contributed by atoms with Gasteiger partial charge in [0.2, 0.25) is 0 Å². The summed E-state index contributed by atoms with van der Waals surface area (Å²) in [4.78, 5) is 25.1. The van der Waals surface area contributed by atoms with E-state index in [2.05, 4.69) is 32.9 Å². The van der Waals surface area contributed by atoms with Crippen molar-refractivity contribution in [3.63, 3.8) is 0 Å². The molecular weight excluding hydrogens is 396 g/mol. The number of carbonyl (C=O) groups is 2. The van der Waals surface area contributed by atoms with Gasteiger partial charge >= 0.3 is 0 Å². The number of rotatable bonds is 6. The highest BCUT2D eigenvalue weighted by atomic mass is 16.5. The van der Waals surface area contributed by atoms with E-state index in [1.165, 1.54) is 5.56 Å². The third-order valence-electron chi connectivity index (χ3n) is 5.49. The average Bonchev–Trinajstić information content (AvgIpc) is 2.73. The quantitative estimate of drug-likeness (QED) is 0.391. The van der Waals surface area contributed by atoms with Crippen LogP contribution in [0, 0.1) is 5.41 Å². The fourth-order valence-corrected chi connectivity index (χ4v) is 3.22. The molecule has 166 valence electrons. The van der Waals surface area contributed by atoms with Gasteiger partial charge in [-0.1, -0.05) is 77.9 Å². The van der Waals surface area contributed by atoms with Crippen LogP contribution in [-0.2, 0) is 16.6 Å². The lowest BCUT2D eigenvalue weighted by molar-refractivity contribution is -0.125. The molecule has 0 fully saturated rings. The van der Waals surface area contributed by atoms with Crippen molar-refractivity contribution in [3.8, 4) is 11.5 Å². The van der Waals surface area contributed by atoms with Gasteiger partial charge in [-0.2, -0.15) is 0 Å². The zero-order valence-corrected chi connectivity index (χ0v) is 19.9. The molecule has 3 heteroatoms. The van der Waals surface area contributed by atoms with E-state index in [1.54, 1.807) is 36.4 Å². The van der Waals surface area contributed by atoms with E-state index in [9.17, 15) is 9.59 Å². The number of benzene rings is 3. The maximum Gasteiger partial charge on any atom is 0.193 e. The van der Waals surface area contributed by atoms with E-state index in [0.717, 1.165) is 11.3 Å². The Kier molecular flexibility index (Phi) is 6.68. The van der Waals surface area contributed by atoms with Crippen molar-refractivity contribution in [2.75, 3.05) is 0 Å². The highest BCUT2D eigenvalue weighted by Crippen LogP contribution is 2.27. The van der Waals surface area contributed by atoms with Crippen molar-refractivity contribution < 1.29 is 14.3 Å². The molecule has 0 aliphatic heterocycles. The molecule has 3 aromatic carbocycles. The Morgan fingerprint density at radius 2 is 1.09 bits per heavy atom. The molecule has 0 atom stereocenters. The minimum Gasteiger partial charge on any atom is -0.457 e. The fourth-order valence-electron chi connectivity index (χ4n) is 3.22. The summed E-state index contributed by atoms with van der Waals surface area (Å²) in [6.07, 6.45) is 0.376. The minimum atomic E-state index is -0.368. The molecule has 0 bridgehead atoms. The third-order valence-corrected chi connectivity index (χ3v) is 5.49. The number of hydrogen-bond acceptors (Lipinski definition) is 3. The van der Waals surface area contributed by atoms with Crippen LogP contribution < -0.4 is 4.74 Å². The summed E-state index contributed by atoms with van der Waals surface area (Å²) in [6, 6.07) is 22.5. The smallest absolute Gasteiger partial charge is 0.193 e. The maximum absolute atomic E-state index is 12.8. The van der Waals surface area contributed by atoms with Crippen LogP contribution in [0.4, 0.5) is 0 Å². The zero-order valence-electron chi connectivity index (χ0n) is 19.9. The van der Waals surface area contributed by atoms with Crippen LogP contribution >= 0.6 is 0 Å². The summed E-state index contributed by atoms with van der Waals surface area (Å²) >= 11 is 0. The van der Waals surface area contributed by atoms with Gasteiger partial charge < -0.3 is 4.74 Å². The Bertz CT molecular complexity index is 1080. The molecule has 0 unspecified atom stereocenters. The average molecular weight is 429 g/mol. The summed E-state index contributed by atoms with van der Waals surface area (Å²) in [5.41, 5.74) is 3.10. The molecule has 0 N–H and O–H groups in total. The van der Waals surface area contributed by atoms with Gasteiger partial charge in [0.25, 0.3) is 0 Å². The summed E-state index contributed by atoms with van der Waals surface area (Å²) in [7, 11) is 0. The Balaban J connectivity index is 1.65. The van der Waals surface area contributed by atoms with Gasteiger partial charge in [-0.05, 0) is 52.9 Å². The highest BCUT2D eigenvalue weighted by molar-refractivity contribution is 6.09. The zero-order chi connectivity index (χ0) is 23.5. The van der Waals surface area contributed by atoms with E-state index in [4.69, 9.17) is 4.74 Å². The minimum absolute atomic E-state index is 0.0558. The Morgan fingerprint density at radius 1 is 0.656 bits per heavy atom. The lowest BCUT2D eigenvalue weighted by Gasteiger charge is -2.19. The molecule has 0 radical (unpaired) electrons. The van der Waals surface area contributed by atoms with Crippen molar-refractivity contribution in [2.45, 2.75) is 53.4 Å². The summed E-state index contributed by atoms with van der Waals surface area (Å²) in [6.45, 7) is 12.3. The molecule has 0 amide bonds. The first-order chi connectivity index (χ1) is 14.9. The Morgan fingerprint density at radius 3 is 1.53 bits per heavy atom. The molecule has 0 aromatic heterocycles. The second-order valence-corrected chi connectivity index (χ2v) is 10.3. The van der Waals surface area contributed by atoms with Crippen LogP contribution in [0.1, 0.15) is 68.6 Å². The standard InChI is InChI=1S/C29H32O3/c1-28(2,3)23-13-17-25(18-14-23)32-24-15-11-22(12-16-24)27(31)21-9-7-20(8-10-21)19-26(30)29(4,5)6/h7-18H,19H2,1-6H3. The first-order valence-electron chi connectivity index (χ1n) is 11.0. The van der Waals surface area contributed by atoms with Crippen LogP contribution in [0.15, 0.2) is 72.8 Å². The van der Waals surface area contributed by atoms with Crippen molar-refractivity contribution in [1.29, 1.82) is 0 Å². The molecule has 3 rings (SSSR count). The number of hydrogen-bond donors (Lipinski definition) is 0. The number of carbonyl (C=O) groups excluding carboxylic acids is 2. The van der Waals surface area contributed by atoms with E-state index >= 15 is 0 Å². The van der Waals surface area contributed by atoms with Gasteiger partial charge in [0.05, 0.1) is 0 Å². The van der Waals surface area contributed by atoms with Crippen molar-refractivity contribution >= 4 is 11.6 Å². The van der Waals surface area contributed by atoms with Crippen molar-refractivity contribution in [1.82, 2.24) is 0 Å². The first-order valence-corrected chi connectivity index (χ1v) is 11.0. The topological polar surface area (TPSA) is 43.4 Å². The summed E-state index contributed by atoms with van der Waals surface area (Å²) < 4.78 is 5.92. The Labute approximate surface area is 191 Å². The molecule has 0 heterocycles. The fraction of sp³-hybridized carbons (Fsp3) is 0.310. The van der Waals surface area contributed by atoms with Gasteiger partial charge in [-0.15, -0.1) is 0 Å². The molecule has 0 saturated heterocycles. The normalized spacial score (nSPS) is 11.8. The number of ether oxygens (including phenoxy) is 1. The van der Waals surface area contributed by atoms with Gasteiger partial charge in [0.1, 0.15) is 17.3 Å². The molecule has 0 spiro atoms. The molecule has 0 aliphatic carbocycles. The Hall–Kier alpha value is -3.20. The van der Waals surface area contributed by atoms with E-state index in [0.29, 0.717) is 23.3 Å². The van der Waals surface area contributed by atoms with E-state index < -0.39 is 0 Å². The predicted octanol–water partition coefficient (Wildman–Crippen LogP) is 7.17. The SMILES string of the molecule is CC(C)(C)C(=O)Cc1ccc(C(=O)c2ccc(Oc3ccc(C(C)(C)C)cc3)cc2)cc1. The van der Waals surface area contributed by atoms with Gasteiger partial charge in [0.15, 0.2) is 5.78 Å². The van der Waals surface area contributed by atoms with Crippen LogP contribution in [0.2, 0.25) is 0 Å². The van der Waals surface area contributed by atoms with Crippen LogP contribution in [-0.4, -0.2) is 11.6 Å². The highest BCUT2D eigenvalue weighted by Gasteiger charge is 2.21. The largest absolute Gasteiger partial charge is 0.457 e. The van der Waals surface area contributed by atoms with Gasteiger partial charge in [-0.25, -0.2) is 0 Å². The summed E-state index contributed by atoms with van der Waals surface area (Å²) in [5.74, 6) is 1.57. The van der Waals surface area contributed by atoms with Gasteiger partial charge in [0, 0.05) is 23.0 Å². The van der Waals surface area contributed by atoms with Crippen LogP contribution in [0.3, 0.4) is 0 Å². The maximum atomic E-state index is 12.8. The predicted molar refractivity (Wildman–Crippen MR) is 130 cm³/mol. The van der Waals surface area contributed by atoms with Crippen LogP contribution in [0.5, 0.6) is 11.5 Å². The van der Waals surface area contributed by atoms with E-state index in [1.807, 2.05) is 45.0 Å². The number of ketones is 2. The lowest BCUT2D eigenvalue weighted by atomic mass is 9.87.